The topological polar surface area (TPSA) is 41.1 Å². The van der Waals surface area contributed by atoms with E-state index in [2.05, 4.69) is 10.6 Å². The van der Waals surface area contributed by atoms with Gasteiger partial charge in [0.15, 0.2) is 5.11 Å². The number of benzene rings is 3. The first kappa shape index (κ1) is 18.6. The zero-order valence-electron chi connectivity index (χ0n) is 13.8. The molecule has 3 aromatic carbocycles. The van der Waals surface area contributed by atoms with E-state index in [1.54, 1.807) is 12.1 Å². The van der Waals surface area contributed by atoms with Crippen molar-refractivity contribution in [2.24, 2.45) is 0 Å². The largest absolute Gasteiger partial charge is 0.358 e. The second-order valence-corrected chi connectivity index (χ2v) is 7.03. The first-order valence-corrected chi connectivity index (χ1v) is 9.17. The van der Waals surface area contributed by atoms with Crippen LogP contribution in [0.25, 0.3) is 10.8 Å². The minimum atomic E-state index is -0.166. The summed E-state index contributed by atoms with van der Waals surface area (Å²) in [6.07, 6.45) is 0.255. The lowest BCUT2D eigenvalue weighted by atomic mass is 10.0. The van der Waals surface area contributed by atoms with Gasteiger partial charge in [-0.1, -0.05) is 71.7 Å². The summed E-state index contributed by atoms with van der Waals surface area (Å²) < 4.78 is 0. The molecule has 0 radical (unpaired) electrons. The summed E-state index contributed by atoms with van der Waals surface area (Å²) in [7, 11) is 0. The van der Waals surface area contributed by atoms with Crippen LogP contribution >= 0.6 is 35.4 Å². The van der Waals surface area contributed by atoms with Gasteiger partial charge in [-0.2, -0.15) is 0 Å². The molecule has 1 amide bonds. The highest BCUT2D eigenvalue weighted by molar-refractivity contribution is 7.80. The molecule has 0 aliphatic rings. The van der Waals surface area contributed by atoms with E-state index in [1.807, 2.05) is 48.5 Å². The summed E-state index contributed by atoms with van der Waals surface area (Å²) in [5.41, 5.74) is 1.81. The van der Waals surface area contributed by atoms with Crippen molar-refractivity contribution in [1.82, 2.24) is 10.6 Å². The molecule has 0 atom stereocenters. The first-order chi connectivity index (χ1) is 12.5. The minimum absolute atomic E-state index is 0.166. The van der Waals surface area contributed by atoms with Crippen molar-refractivity contribution >= 4 is 57.2 Å². The van der Waals surface area contributed by atoms with Crippen molar-refractivity contribution in [2.75, 3.05) is 0 Å². The average molecular weight is 403 g/mol. The number of thiocarbonyl (C=S) groups is 1. The van der Waals surface area contributed by atoms with Crippen LogP contribution in [0.3, 0.4) is 0 Å². The molecule has 0 aliphatic carbocycles. The van der Waals surface area contributed by atoms with Crippen LogP contribution in [0.1, 0.15) is 11.1 Å². The van der Waals surface area contributed by atoms with Gasteiger partial charge >= 0.3 is 0 Å². The Kier molecular flexibility index (Phi) is 6.09. The summed E-state index contributed by atoms with van der Waals surface area (Å²) in [6.45, 7) is 0.406. The molecule has 0 fully saturated rings. The van der Waals surface area contributed by atoms with Crippen molar-refractivity contribution in [3.63, 3.8) is 0 Å². The molecular formula is C20H16Cl2N2OS. The van der Waals surface area contributed by atoms with Crippen LogP contribution in [0.4, 0.5) is 0 Å². The number of hydrogen-bond donors (Lipinski definition) is 2. The van der Waals surface area contributed by atoms with E-state index < -0.39 is 0 Å². The normalized spacial score (nSPS) is 10.5. The predicted octanol–water partition coefficient (Wildman–Crippen LogP) is 4.88. The molecule has 3 nitrogen and oxygen atoms in total. The van der Waals surface area contributed by atoms with Crippen LogP contribution in [0, 0.1) is 0 Å². The van der Waals surface area contributed by atoms with Gasteiger partial charge in [0.05, 0.1) is 6.42 Å². The van der Waals surface area contributed by atoms with Crippen molar-refractivity contribution in [3.8, 4) is 0 Å². The van der Waals surface area contributed by atoms with Crippen LogP contribution in [0.15, 0.2) is 60.7 Å². The lowest BCUT2D eigenvalue weighted by Gasteiger charge is -2.11. The van der Waals surface area contributed by atoms with E-state index in [9.17, 15) is 4.79 Å². The smallest absolute Gasteiger partial charge is 0.230 e. The maximum absolute atomic E-state index is 12.3. The Morgan fingerprint density at radius 1 is 0.962 bits per heavy atom. The Morgan fingerprint density at radius 2 is 1.73 bits per heavy atom. The molecule has 0 saturated carbocycles. The Bertz CT molecular complexity index is 970. The average Bonchev–Trinajstić information content (AvgIpc) is 2.61. The van der Waals surface area contributed by atoms with Crippen molar-refractivity contribution in [3.05, 3.63) is 81.8 Å². The predicted molar refractivity (Wildman–Crippen MR) is 112 cm³/mol. The molecule has 132 valence electrons. The number of amides is 1. The van der Waals surface area contributed by atoms with Crippen molar-refractivity contribution in [2.45, 2.75) is 13.0 Å². The molecule has 3 rings (SSSR count). The summed E-state index contributed by atoms with van der Waals surface area (Å²) in [6, 6.07) is 19.1. The Balaban J connectivity index is 1.58. The number of carbonyl (C=O) groups is 1. The molecule has 0 bridgehead atoms. The van der Waals surface area contributed by atoms with Gasteiger partial charge in [0.2, 0.25) is 5.91 Å². The summed E-state index contributed by atoms with van der Waals surface area (Å²) in [4.78, 5) is 12.3. The maximum Gasteiger partial charge on any atom is 0.230 e. The fourth-order valence-electron chi connectivity index (χ4n) is 2.68. The number of fused-ring (bicyclic) bond motifs is 1. The highest BCUT2D eigenvalue weighted by Crippen LogP contribution is 2.21. The Morgan fingerprint density at radius 3 is 2.54 bits per heavy atom. The molecule has 0 saturated heterocycles. The Labute approximate surface area is 167 Å². The molecule has 6 heteroatoms. The van der Waals surface area contributed by atoms with Gasteiger partial charge in [-0.25, -0.2) is 0 Å². The van der Waals surface area contributed by atoms with Gasteiger partial charge < -0.3 is 10.6 Å². The third-order valence-corrected chi connectivity index (χ3v) is 4.77. The number of rotatable bonds is 4. The van der Waals surface area contributed by atoms with E-state index in [0.717, 1.165) is 21.9 Å². The van der Waals surface area contributed by atoms with Crippen LogP contribution in [-0.2, 0) is 17.8 Å². The van der Waals surface area contributed by atoms with Crippen LogP contribution in [-0.4, -0.2) is 11.0 Å². The lowest BCUT2D eigenvalue weighted by molar-refractivity contribution is -0.119. The Hall–Kier alpha value is -2.14. The van der Waals surface area contributed by atoms with E-state index >= 15 is 0 Å². The van der Waals surface area contributed by atoms with E-state index in [4.69, 9.17) is 35.4 Å². The number of hydrogen-bond acceptors (Lipinski definition) is 2. The van der Waals surface area contributed by atoms with Gasteiger partial charge in [0.25, 0.3) is 0 Å². The third kappa shape index (κ3) is 4.73. The van der Waals surface area contributed by atoms with E-state index in [0.29, 0.717) is 16.6 Å². The molecule has 0 aromatic heterocycles. The monoisotopic (exact) mass is 402 g/mol. The maximum atomic E-state index is 12.3. The standard InChI is InChI=1S/C20H16Cl2N2OS/c21-16-9-8-15(18(22)11-16)12-23-20(26)24-19(25)10-14-6-3-5-13-4-1-2-7-17(13)14/h1-9,11H,10,12H2,(H2,23,24,25,26). The second kappa shape index (κ2) is 8.49. The molecule has 2 N–H and O–H groups in total. The minimum Gasteiger partial charge on any atom is -0.358 e. The van der Waals surface area contributed by atoms with Gasteiger partial charge in [-0.15, -0.1) is 0 Å². The number of halogens is 2. The molecule has 0 unspecified atom stereocenters. The number of nitrogens with one attached hydrogen (secondary N) is 2. The number of carbonyl (C=O) groups excluding carboxylic acids is 1. The summed E-state index contributed by atoms with van der Waals surface area (Å²) in [5.74, 6) is -0.166. The highest BCUT2D eigenvalue weighted by atomic mass is 35.5. The molecule has 26 heavy (non-hydrogen) atoms. The highest BCUT2D eigenvalue weighted by Gasteiger charge is 2.09. The van der Waals surface area contributed by atoms with Crippen LogP contribution < -0.4 is 10.6 Å². The van der Waals surface area contributed by atoms with E-state index in [-0.39, 0.29) is 17.4 Å². The van der Waals surface area contributed by atoms with Crippen LogP contribution in [0.2, 0.25) is 10.0 Å². The van der Waals surface area contributed by atoms with Crippen molar-refractivity contribution in [1.29, 1.82) is 0 Å². The van der Waals surface area contributed by atoms with Crippen LogP contribution in [0.5, 0.6) is 0 Å². The summed E-state index contributed by atoms with van der Waals surface area (Å²) in [5, 5.41) is 9.26. The van der Waals surface area contributed by atoms with Gasteiger partial charge in [-0.3, -0.25) is 4.79 Å². The van der Waals surface area contributed by atoms with Gasteiger partial charge in [-0.05, 0) is 46.2 Å². The fraction of sp³-hybridized carbons (Fsp3) is 0.100. The zero-order chi connectivity index (χ0) is 18.5. The SMILES string of the molecule is O=C(Cc1cccc2ccccc12)NC(=S)NCc1ccc(Cl)cc1Cl. The molecule has 0 heterocycles. The summed E-state index contributed by atoms with van der Waals surface area (Å²) >= 11 is 17.2. The van der Waals surface area contributed by atoms with E-state index in [1.165, 1.54) is 0 Å². The van der Waals surface area contributed by atoms with Gasteiger partial charge in [0, 0.05) is 16.6 Å². The van der Waals surface area contributed by atoms with Crippen molar-refractivity contribution < 1.29 is 4.79 Å². The lowest BCUT2D eigenvalue weighted by Crippen LogP contribution is -2.39. The molecule has 3 aromatic rings. The third-order valence-electron chi connectivity index (χ3n) is 3.94. The zero-order valence-corrected chi connectivity index (χ0v) is 16.1. The fourth-order valence-corrected chi connectivity index (χ4v) is 3.34. The first-order valence-electron chi connectivity index (χ1n) is 8.01. The molecule has 0 spiro atoms. The molecular weight excluding hydrogens is 387 g/mol. The van der Waals surface area contributed by atoms with Gasteiger partial charge in [0.1, 0.15) is 0 Å². The molecule has 0 aliphatic heterocycles. The quantitative estimate of drug-likeness (QED) is 0.610. The second-order valence-electron chi connectivity index (χ2n) is 5.78.